The zero-order valence-corrected chi connectivity index (χ0v) is 7.44. The van der Waals surface area contributed by atoms with Gasteiger partial charge < -0.3 is 0 Å². The highest BCUT2D eigenvalue weighted by atomic mass is 16.1. The van der Waals surface area contributed by atoms with Gasteiger partial charge in [-0.2, -0.15) is 0 Å². The van der Waals surface area contributed by atoms with Gasteiger partial charge in [-0.25, -0.2) is 0 Å². The number of rotatable bonds is 4. The van der Waals surface area contributed by atoms with E-state index in [0.29, 0.717) is 12.0 Å². The van der Waals surface area contributed by atoms with Crippen molar-refractivity contribution >= 4 is 12.4 Å². The molecule has 0 atom stereocenters. The Morgan fingerprint density at radius 1 is 1.31 bits per heavy atom. The Bertz CT molecular complexity index is 309. The maximum atomic E-state index is 10.2. The van der Waals surface area contributed by atoms with Gasteiger partial charge in [0.2, 0.25) is 0 Å². The van der Waals surface area contributed by atoms with E-state index in [2.05, 4.69) is 6.58 Å². The average Bonchev–Trinajstić information content (AvgIpc) is 2.19. The van der Waals surface area contributed by atoms with Crippen molar-refractivity contribution in [2.75, 3.05) is 0 Å². The van der Waals surface area contributed by atoms with Gasteiger partial charge in [-0.1, -0.05) is 49.1 Å². The van der Waals surface area contributed by atoms with Gasteiger partial charge in [0, 0.05) is 0 Å². The first kappa shape index (κ1) is 9.46. The van der Waals surface area contributed by atoms with Crippen molar-refractivity contribution in [2.24, 2.45) is 0 Å². The topological polar surface area (TPSA) is 17.1 Å². The smallest absolute Gasteiger partial charge is 0.145 e. The van der Waals surface area contributed by atoms with Crippen LogP contribution in [0.25, 0.3) is 6.08 Å². The lowest BCUT2D eigenvalue weighted by Crippen LogP contribution is -1.77. The molecule has 0 saturated heterocycles. The monoisotopic (exact) mass is 172 g/mol. The summed E-state index contributed by atoms with van der Waals surface area (Å²) in [5.74, 6) is 0. The molecule has 0 bridgehead atoms. The van der Waals surface area contributed by atoms with Gasteiger partial charge >= 0.3 is 0 Å². The quantitative estimate of drug-likeness (QED) is 0.504. The molecule has 0 fully saturated rings. The Kier molecular flexibility index (Phi) is 3.71. The molecule has 0 amide bonds. The molecule has 0 aliphatic carbocycles. The second-order valence-corrected chi connectivity index (χ2v) is 2.79. The lowest BCUT2D eigenvalue weighted by atomic mass is 10.1. The Morgan fingerprint density at radius 2 is 2.00 bits per heavy atom. The van der Waals surface area contributed by atoms with Crippen LogP contribution in [0.2, 0.25) is 0 Å². The average molecular weight is 172 g/mol. The molecule has 1 aromatic rings. The van der Waals surface area contributed by atoms with E-state index in [1.807, 2.05) is 42.5 Å². The van der Waals surface area contributed by atoms with Crippen LogP contribution < -0.4 is 0 Å². The van der Waals surface area contributed by atoms with Gasteiger partial charge in [0.05, 0.1) is 0 Å². The molecule has 1 aromatic carbocycles. The summed E-state index contributed by atoms with van der Waals surface area (Å²) >= 11 is 0. The van der Waals surface area contributed by atoms with Crippen molar-refractivity contribution in [2.45, 2.75) is 6.42 Å². The van der Waals surface area contributed by atoms with Crippen LogP contribution in [0, 0.1) is 0 Å². The van der Waals surface area contributed by atoms with E-state index in [1.165, 1.54) is 0 Å². The van der Waals surface area contributed by atoms with E-state index in [1.54, 1.807) is 0 Å². The summed E-state index contributed by atoms with van der Waals surface area (Å²) in [7, 11) is 0. The van der Waals surface area contributed by atoms with Crippen molar-refractivity contribution in [1.29, 1.82) is 0 Å². The minimum Gasteiger partial charge on any atom is -0.298 e. The Balaban J connectivity index is 2.50. The number of carbonyl (C=O) groups excluding carboxylic acids is 1. The largest absolute Gasteiger partial charge is 0.298 e. The van der Waals surface area contributed by atoms with Crippen molar-refractivity contribution in [1.82, 2.24) is 0 Å². The highest BCUT2D eigenvalue weighted by Crippen LogP contribution is 2.03. The third-order valence-electron chi connectivity index (χ3n) is 1.66. The number of carbonyl (C=O) groups is 1. The highest BCUT2D eigenvalue weighted by Gasteiger charge is 1.86. The first-order valence-electron chi connectivity index (χ1n) is 4.17. The van der Waals surface area contributed by atoms with Crippen LogP contribution in [-0.2, 0) is 4.79 Å². The molecular formula is C12H12O. The molecule has 0 heterocycles. The van der Waals surface area contributed by atoms with Crippen LogP contribution in [-0.4, -0.2) is 6.29 Å². The zero-order valence-electron chi connectivity index (χ0n) is 7.44. The first-order chi connectivity index (χ1) is 6.33. The SMILES string of the molecule is C=C(C=O)C/C=C/c1ccccc1. The summed E-state index contributed by atoms with van der Waals surface area (Å²) in [5, 5.41) is 0. The molecule has 0 radical (unpaired) electrons. The minimum atomic E-state index is 0.604. The molecular weight excluding hydrogens is 160 g/mol. The molecule has 1 nitrogen and oxygen atoms in total. The molecule has 66 valence electrons. The van der Waals surface area contributed by atoms with Gasteiger partial charge in [-0.05, 0) is 17.6 Å². The lowest BCUT2D eigenvalue weighted by molar-refractivity contribution is -0.104. The van der Waals surface area contributed by atoms with Crippen LogP contribution >= 0.6 is 0 Å². The number of hydrogen-bond acceptors (Lipinski definition) is 1. The van der Waals surface area contributed by atoms with Gasteiger partial charge in [0.15, 0.2) is 0 Å². The van der Waals surface area contributed by atoms with Crippen molar-refractivity contribution < 1.29 is 4.79 Å². The first-order valence-corrected chi connectivity index (χ1v) is 4.17. The molecule has 1 rings (SSSR count). The molecule has 0 aliphatic heterocycles. The molecule has 1 heteroatoms. The van der Waals surface area contributed by atoms with Gasteiger partial charge in [0.1, 0.15) is 6.29 Å². The van der Waals surface area contributed by atoms with E-state index in [9.17, 15) is 4.79 Å². The summed E-state index contributed by atoms with van der Waals surface area (Å²) in [6.07, 6.45) is 5.33. The number of benzene rings is 1. The van der Waals surface area contributed by atoms with E-state index in [-0.39, 0.29) is 0 Å². The lowest BCUT2D eigenvalue weighted by Gasteiger charge is -1.91. The maximum absolute atomic E-state index is 10.2. The molecule has 0 unspecified atom stereocenters. The summed E-state index contributed by atoms with van der Waals surface area (Å²) in [5.41, 5.74) is 1.74. The highest BCUT2D eigenvalue weighted by molar-refractivity contribution is 5.72. The van der Waals surface area contributed by atoms with Crippen LogP contribution in [0.1, 0.15) is 12.0 Å². The molecule has 0 spiro atoms. The molecule has 0 aromatic heterocycles. The predicted octanol–water partition coefficient (Wildman–Crippen LogP) is 2.85. The Labute approximate surface area is 78.4 Å². The van der Waals surface area contributed by atoms with Crippen LogP contribution in [0.15, 0.2) is 48.6 Å². The Hall–Kier alpha value is -1.63. The van der Waals surface area contributed by atoms with E-state index < -0.39 is 0 Å². The normalized spacial score (nSPS) is 10.2. The fraction of sp³-hybridized carbons (Fsp3) is 0.0833. The van der Waals surface area contributed by atoms with Crippen LogP contribution in [0.5, 0.6) is 0 Å². The summed E-state index contributed by atoms with van der Waals surface area (Å²) in [4.78, 5) is 10.2. The van der Waals surface area contributed by atoms with Crippen LogP contribution in [0.4, 0.5) is 0 Å². The second-order valence-electron chi connectivity index (χ2n) is 2.79. The minimum absolute atomic E-state index is 0.604. The van der Waals surface area contributed by atoms with Crippen molar-refractivity contribution in [3.8, 4) is 0 Å². The summed E-state index contributed by atoms with van der Waals surface area (Å²) in [6.45, 7) is 3.59. The van der Waals surface area contributed by atoms with E-state index in [0.717, 1.165) is 11.8 Å². The third-order valence-corrected chi connectivity index (χ3v) is 1.66. The van der Waals surface area contributed by atoms with Gasteiger partial charge in [0.25, 0.3) is 0 Å². The third kappa shape index (κ3) is 3.52. The standard InChI is InChI=1S/C12H12O/c1-11(10-13)6-5-9-12-7-3-2-4-8-12/h2-5,7-10H,1,6H2/b9-5+. The van der Waals surface area contributed by atoms with Gasteiger partial charge in [-0.3, -0.25) is 4.79 Å². The molecule has 13 heavy (non-hydrogen) atoms. The molecule has 0 N–H and O–H groups in total. The van der Waals surface area contributed by atoms with Crippen LogP contribution in [0.3, 0.4) is 0 Å². The van der Waals surface area contributed by atoms with Crippen molar-refractivity contribution in [3.63, 3.8) is 0 Å². The fourth-order valence-electron chi connectivity index (χ4n) is 0.959. The van der Waals surface area contributed by atoms with E-state index in [4.69, 9.17) is 0 Å². The Morgan fingerprint density at radius 3 is 2.62 bits per heavy atom. The van der Waals surface area contributed by atoms with Crippen molar-refractivity contribution in [3.05, 3.63) is 54.1 Å². The predicted molar refractivity (Wildman–Crippen MR) is 55.3 cm³/mol. The summed E-state index contributed by atoms with van der Waals surface area (Å²) < 4.78 is 0. The van der Waals surface area contributed by atoms with Gasteiger partial charge in [-0.15, -0.1) is 0 Å². The summed E-state index contributed by atoms with van der Waals surface area (Å²) in [6, 6.07) is 9.96. The second kappa shape index (κ2) is 5.09. The molecule has 0 aliphatic rings. The number of allylic oxidation sites excluding steroid dienone is 2. The fourth-order valence-corrected chi connectivity index (χ4v) is 0.959. The number of aldehydes is 1. The van der Waals surface area contributed by atoms with E-state index >= 15 is 0 Å². The molecule has 0 saturated carbocycles. The zero-order chi connectivity index (χ0) is 9.52. The number of hydrogen-bond donors (Lipinski definition) is 0. The maximum Gasteiger partial charge on any atom is 0.145 e.